The first kappa shape index (κ1) is 19.4. The van der Waals surface area contributed by atoms with E-state index in [-0.39, 0.29) is 23.5 Å². The van der Waals surface area contributed by atoms with Gasteiger partial charge in [0, 0.05) is 19.0 Å². The Morgan fingerprint density at radius 3 is 2.33 bits per heavy atom. The second-order valence-corrected chi connectivity index (χ2v) is 9.06. The normalized spacial score (nSPS) is 18.1. The minimum absolute atomic E-state index is 0.0161. The maximum Gasteiger partial charge on any atom is 0.223 e. The van der Waals surface area contributed by atoms with Crippen molar-refractivity contribution in [2.24, 2.45) is 0 Å². The fourth-order valence-electron chi connectivity index (χ4n) is 3.30. The molecule has 0 aliphatic carbocycles. The minimum atomic E-state index is -3.05. The highest BCUT2D eigenvalue weighted by molar-refractivity contribution is 7.91. The Bertz CT molecular complexity index is 837. The molecular formula is C21H25NO4S. The molecule has 144 valence electrons. The van der Waals surface area contributed by atoms with Crippen molar-refractivity contribution in [2.45, 2.75) is 31.8 Å². The first-order valence-electron chi connectivity index (χ1n) is 9.25. The summed E-state index contributed by atoms with van der Waals surface area (Å²) in [6.07, 6.45) is 1.45. The molecule has 1 amide bonds. The van der Waals surface area contributed by atoms with E-state index in [1.54, 1.807) is 4.90 Å². The van der Waals surface area contributed by atoms with Gasteiger partial charge in [0.1, 0.15) is 5.75 Å². The Hall–Kier alpha value is -2.34. The quantitative estimate of drug-likeness (QED) is 0.653. The molecule has 0 radical (unpaired) electrons. The van der Waals surface area contributed by atoms with Crippen LogP contribution in [0.15, 0.2) is 60.7 Å². The van der Waals surface area contributed by atoms with Crippen LogP contribution in [0.2, 0.25) is 0 Å². The predicted molar refractivity (Wildman–Crippen MR) is 105 cm³/mol. The first-order chi connectivity index (χ1) is 13.0. The van der Waals surface area contributed by atoms with E-state index in [0.717, 1.165) is 11.3 Å². The number of sulfone groups is 1. The zero-order valence-electron chi connectivity index (χ0n) is 15.3. The topological polar surface area (TPSA) is 63.7 Å². The average Bonchev–Trinajstić information content (AvgIpc) is 3.04. The lowest BCUT2D eigenvalue weighted by molar-refractivity contribution is -0.134. The molecule has 1 aliphatic rings. The summed E-state index contributed by atoms with van der Waals surface area (Å²) in [6, 6.07) is 19.0. The van der Waals surface area contributed by atoms with Gasteiger partial charge < -0.3 is 9.64 Å². The molecule has 1 heterocycles. The molecule has 1 aliphatic heterocycles. The smallest absolute Gasteiger partial charge is 0.223 e. The Balaban J connectivity index is 1.58. The number of carbonyl (C=O) groups is 1. The van der Waals surface area contributed by atoms with Gasteiger partial charge in [0.2, 0.25) is 5.91 Å². The van der Waals surface area contributed by atoms with Crippen LogP contribution in [0.25, 0.3) is 0 Å². The van der Waals surface area contributed by atoms with E-state index >= 15 is 0 Å². The number of ether oxygens (including phenoxy) is 1. The van der Waals surface area contributed by atoms with E-state index < -0.39 is 9.84 Å². The zero-order chi connectivity index (χ0) is 19.1. The third kappa shape index (κ3) is 5.82. The molecule has 1 fully saturated rings. The van der Waals surface area contributed by atoms with Crippen molar-refractivity contribution in [1.82, 2.24) is 4.90 Å². The molecule has 0 unspecified atom stereocenters. The predicted octanol–water partition coefficient (Wildman–Crippen LogP) is 3.06. The third-order valence-electron chi connectivity index (χ3n) is 4.71. The number of para-hydroxylation sites is 1. The molecule has 5 nitrogen and oxygen atoms in total. The molecule has 0 N–H and O–H groups in total. The number of hydrogen-bond donors (Lipinski definition) is 0. The number of amides is 1. The van der Waals surface area contributed by atoms with Gasteiger partial charge in [-0.1, -0.05) is 48.5 Å². The van der Waals surface area contributed by atoms with Crippen LogP contribution in [0.3, 0.4) is 0 Å². The van der Waals surface area contributed by atoms with E-state index in [2.05, 4.69) is 0 Å². The van der Waals surface area contributed by atoms with E-state index in [0.29, 0.717) is 32.4 Å². The zero-order valence-corrected chi connectivity index (χ0v) is 16.1. The fourth-order valence-corrected chi connectivity index (χ4v) is 5.03. The van der Waals surface area contributed by atoms with Gasteiger partial charge in [0.05, 0.1) is 18.1 Å². The van der Waals surface area contributed by atoms with Gasteiger partial charge in [-0.25, -0.2) is 8.42 Å². The lowest BCUT2D eigenvalue weighted by atomic mass is 10.1. The molecule has 6 heteroatoms. The standard InChI is InChI=1S/C21H25NO4S/c23-21(12-7-14-26-20-10-5-2-6-11-20)22(16-18-8-3-1-4-9-18)19-13-15-27(24,25)17-19/h1-6,8-11,19H,7,12-17H2/t19-/m1/s1. The Kier molecular flexibility index (Phi) is 6.50. The summed E-state index contributed by atoms with van der Waals surface area (Å²) >= 11 is 0. The summed E-state index contributed by atoms with van der Waals surface area (Å²) in [5.74, 6) is 0.991. The highest BCUT2D eigenvalue weighted by Crippen LogP contribution is 2.21. The van der Waals surface area contributed by atoms with E-state index in [4.69, 9.17) is 4.74 Å². The van der Waals surface area contributed by atoms with Gasteiger partial charge in [-0.05, 0) is 30.5 Å². The summed E-state index contributed by atoms with van der Waals surface area (Å²) in [7, 11) is -3.05. The molecular weight excluding hydrogens is 362 g/mol. The van der Waals surface area contributed by atoms with Crippen molar-refractivity contribution < 1.29 is 17.9 Å². The highest BCUT2D eigenvalue weighted by Gasteiger charge is 2.34. The number of hydrogen-bond acceptors (Lipinski definition) is 4. The molecule has 1 saturated heterocycles. The van der Waals surface area contributed by atoms with Crippen LogP contribution in [0, 0.1) is 0 Å². The maximum absolute atomic E-state index is 12.8. The van der Waals surface area contributed by atoms with Crippen LogP contribution in [-0.4, -0.2) is 43.4 Å². The van der Waals surface area contributed by atoms with Crippen molar-refractivity contribution in [3.63, 3.8) is 0 Å². The van der Waals surface area contributed by atoms with Crippen molar-refractivity contribution in [2.75, 3.05) is 18.1 Å². The summed E-state index contributed by atoms with van der Waals surface area (Å²) in [4.78, 5) is 14.6. The number of nitrogens with zero attached hydrogens (tertiary/aromatic N) is 1. The Labute approximate surface area is 160 Å². The number of rotatable bonds is 8. The molecule has 27 heavy (non-hydrogen) atoms. The SMILES string of the molecule is O=C(CCCOc1ccccc1)N(Cc1ccccc1)[C@@H]1CCS(=O)(=O)C1. The van der Waals surface area contributed by atoms with E-state index in [9.17, 15) is 13.2 Å². The second kappa shape index (κ2) is 9.04. The van der Waals surface area contributed by atoms with Crippen molar-refractivity contribution >= 4 is 15.7 Å². The average molecular weight is 388 g/mol. The fraction of sp³-hybridized carbons (Fsp3) is 0.381. The molecule has 0 saturated carbocycles. The van der Waals surface area contributed by atoms with Gasteiger partial charge in [0.25, 0.3) is 0 Å². The van der Waals surface area contributed by atoms with Gasteiger partial charge in [0.15, 0.2) is 9.84 Å². The summed E-state index contributed by atoms with van der Waals surface area (Å²) in [6.45, 7) is 0.900. The monoisotopic (exact) mass is 387 g/mol. The first-order valence-corrected chi connectivity index (χ1v) is 11.1. The van der Waals surface area contributed by atoms with Crippen LogP contribution in [0.5, 0.6) is 5.75 Å². The molecule has 0 bridgehead atoms. The van der Waals surface area contributed by atoms with Crippen LogP contribution in [0.4, 0.5) is 0 Å². The number of carbonyl (C=O) groups excluding carboxylic acids is 1. The largest absolute Gasteiger partial charge is 0.494 e. The van der Waals surface area contributed by atoms with E-state index in [1.807, 2.05) is 60.7 Å². The van der Waals surface area contributed by atoms with Crippen molar-refractivity contribution in [1.29, 1.82) is 0 Å². The van der Waals surface area contributed by atoms with Crippen LogP contribution < -0.4 is 4.74 Å². The van der Waals surface area contributed by atoms with Crippen LogP contribution >= 0.6 is 0 Å². The Morgan fingerprint density at radius 1 is 1.04 bits per heavy atom. The molecule has 0 aromatic heterocycles. The lowest BCUT2D eigenvalue weighted by Crippen LogP contribution is -2.40. The summed E-state index contributed by atoms with van der Waals surface area (Å²) < 4.78 is 29.4. The van der Waals surface area contributed by atoms with Gasteiger partial charge in [-0.3, -0.25) is 4.79 Å². The molecule has 0 spiro atoms. The lowest BCUT2D eigenvalue weighted by Gasteiger charge is -2.28. The van der Waals surface area contributed by atoms with E-state index in [1.165, 1.54) is 0 Å². The molecule has 1 atom stereocenters. The van der Waals surface area contributed by atoms with Gasteiger partial charge >= 0.3 is 0 Å². The number of benzene rings is 2. The summed E-state index contributed by atoms with van der Waals surface area (Å²) in [5.41, 5.74) is 1.01. The minimum Gasteiger partial charge on any atom is -0.494 e. The third-order valence-corrected chi connectivity index (χ3v) is 6.46. The second-order valence-electron chi connectivity index (χ2n) is 6.83. The van der Waals surface area contributed by atoms with Crippen molar-refractivity contribution in [3.05, 3.63) is 66.2 Å². The maximum atomic E-state index is 12.8. The molecule has 2 aromatic carbocycles. The van der Waals surface area contributed by atoms with Crippen molar-refractivity contribution in [3.8, 4) is 5.75 Å². The molecule has 2 aromatic rings. The van der Waals surface area contributed by atoms with Crippen LogP contribution in [0.1, 0.15) is 24.8 Å². The summed E-state index contributed by atoms with van der Waals surface area (Å²) in [5, 5.41) is 0. The van der Waals surface area contributed by atoms with Gasteiger partial charge in [-0.2, -0.15) is 0 Å². The Morgan fingerprint density at radius 2 is 1.70 bits per heavy atom. The molecule has 3 rings (SSSR count). The van der Waals surface area contributed by atoms with Gasteiger partial charge in [-0.15, -0.1) is 0 Å². The highest BCUT2D eigenvalue weighted by atomic mass is 32.2. The van der Waals surface area contributed by atoms with Crippen LogP contribution in [-0.2, 0) is 21.2 Å².